The quantitative estimate of drug-likeness (QED) is 0.847. The van der Waals surface area contributed by atoms with Gasteiger partial charge >= 0.3 is 0 Å². The van der Waals surface area contributed by atoms with Crippen LogP contribution in [-0.2, 0) is 9.59 Å². The van der Waals surface area contributed by atoms with Gasteiger partial charge in [-0.05, 0) is 12.1 Å². The standard InChI is InChI=1S/C18H25N5O2/c1-21-17(24)8-7-16(20-21)18(25)19-9-10-22-11-13-23(14-12-22)15-5-3-2-4-6-15/h2-6H,7-14H2,1H3,(H,19,25). The van der Waals surface area contributed by atoms with Gasteiger partial charge in [-0.25, -0.2) is 5.01 Å². The van der Waals surface area contributed by atoms with Crippen LogP contribution in [0.5, 0.6) is 0 Å². The van der Waals surface area contributed by atoms with Crippen LogP contribution in [0.25, 0.3) is 0 Å². The minimum Gasteiger partial charge on any atom is -0.369 e. The highest BCUT2D eigenvalue weighted by Gasteiger charge is 2.22. The molecule has 0 radical (unpaired) electrons. The molecule has 0 saturated carbocycles. The highest BCUT2D eigenvalue weighted by molar-refractivity contribution is 6.39. The second-order valence-electron chi connectivity index (χ2n) is 6.38. The highest BCUT2D eigenvalue weighted by atomic mass is 16.2. The first-order chi connectivity index (χ1) is 12.1. The molecule has 1 saturated heterocycles. The number of rotatable bonds is 5. The molecule has 0 unspecified atom stereocenters. The minimum atomic E-state index is -0.165. The number of nitrogens with zero attached hydrogens (tertiary/aromatic N) is 4. The van der Waals surface area contributed by atoms with Crippen molar-refractivity contribution in [3.8, 4) is 0 Å². The summed E-state index contributed by atoms with van der Waals surface area (Å²) < 4.78 is 0. The summed E-state index contributed by atoms with van der Waals surface area (Å²) in [6.07, 6.45) is 0.773. The van der Waals surface area contributed by atoms with E-state index in [1.54, 1.807) is 7.05 Å². The molecule has 7 nitrogen and oxygen atoms in total. The van der Waals surface area contributed by atoms with Crippen LogP contribution in [0.15, 0.2) is 35.4 Å². The lowest BCUT2D eigenvalue weighted by molar-refractivity contribution is -0.130. The first-order valence-electron chi connectivity index (χ1n) is 8.78. The van der Waals surface area contributed by atoms with Gasteiger partial charge in [0.1, 0.15) is 5.71 Å². The van der Waals surface area contributed by atoms with Gasteiger partial charge in [-0.1, -0.05) is 18.2 Å². The Hall–Kier alpha value is -2.41. The summed E-state index contributed by atoms with van der Waals surface area (Å²) in [6, 6.07) is 10.4. The first kappa shape index (κ1) is 17.4. The van der Waals surface area contributed by atoms with Crippen molar-refractivity contribution in [3.63, 3.8) is 0 Å². The molecule has 3 rings (SSSR count). The lowest BCUT2D eigenvalue weighted by Gasteiger charge is -2.36. The monoisotopic (exact) mass is 343 g/mol. The molecule has 1 aromatic carbocycles. The number of para-hydroxylation sites is 1. The normalized spacial score (nSPS) is 18.9. The van der Waals surface area contributed by atoms with E-state index in [-0.39, 0.29) is 11.8 Å². The number of hydrogen-bond acceptors (Lipinski definition) is 5. The summed E-state index contributed by atoms with van der Waals surface area (Å²) in [5.74, 6) is -0.213. The molecule has 0 aromatic heterocycles. The smallest absolute Gasteiger partial charge is 0.267 e. The summed E-state index contributed by atoms with van der Waals surface area (Å²) in [4.78, 5) is 28.3. The lowest BCUT2D eigenvalue weighted by Crippen LogP contribution is -2.49. The third-order valence-corrected chi connectivity index (χ3v) is 4.68. The van der Waals surface area contributed by atoms with Crippen LogP contribution in [-0.4, -0.2) is 73.8 Å². The summed E-state index contributed by atoms with van der Waals surface area (Å²) in [5, 5.41) is 8.21. The van der Waals surface area contributed by atoms with Crippen LogP contribution >= 0.6 is 0 Å². The maximum Gasteiger partial charge on any atom is 0.267 e. The van der Waals surface area contributed by atoms with Gasteiger partial charge in [-0.2, -0.15) is 5.10 Å². The molecule has 1 N–H and O–H groups in total. The zero-order valence-corrected chi connectivity index (χ0v) is 14.6. The van der Waals surface area contributed by atoms with Crippen molar-refractivity contribution in [2.45, 2.75) is 12.8 Å². The van der Waals surface area contributed by atoms with E-state index in [0.29, 0.717) is 25.1 Å². The average Bonchev–Trinajstić information content (AvgIpc) is 2.65. The minimum absolute atomic E-state index is 0.0483. The second kappa shape index (κ2) is 8.11. The Balaban J connectivity index is 1.38. The van der Waals surface area contributed by atoms with E-state index in [1.165, 1.54) is 10.7 Å². The number of anilines is 1. The molecule has 0 bridgehead atoms. The topological polar surface area (TPSA) is 68.2 Å². The van der Waals surface area contributed by atoms with Crippen molar-refractivity contribution in [1.82, 2.24) is 15.2 Å². The van der Waals surface area contributed by atoms with Crippen LogP contribution in [0.2, 0.25) is 0 Å². The fourth-order valence-electron chi connectivity index (χ4n) is 3.13. The molecule has 7 heteroatoms. The summed E-state index contributed by atoms with van der Waals surface area (Å²) >= 11 is 0. The predicted molar refractivity (Wildman–Crippen MR) is 97.5 cm³/mol. The third-order valence-electron chi connectivity index (χ3n) is 4.68. The molecule has 0 atom stereocenters. The largest absolute Gasteiger partial charge is 0.369 e. The molecule has 0 spiro atoms. The average molecular weight is 343 g/mol. The molecule has 1 aromatic rings. The number of amides is 2. The predicted octanol–water partition coefficient (Wildman–Crippen LogP) is 0.533. The molecule has 2 aliphatic heterocycles. The Labute approximate surface area is 148 Å². The number of hydrogen-bond donors (Lipinski definition) is 1. The fraction of sp³-hybridized carbons (Fsp3) is 0.500. The molecule has 134 valence electrons. The number of carbonyl (C=O) groups excluding carboxylic acids is 2. The molecular formula is C18H25N5O2. The van der Waals surface area contributed by atoms with Gasteiger partial charge in [-0.15, -0.1) is 0 Å². The highest BCUT2D eigenvalue weighted by Crippen LogP contribution is 2.15. The van der Waals surface area contributed by atoms with Crippen LogP contribution in [0.4, 0.5) is 5.69 Å². The molecule has 2 aliphatic rings. The van der Waals surface area contributed by atoms with E-state index >= 15 is 0 Å². The van der Waals surface area contributed by atoms with E-state index in [9.17, 15) is 9.59 Å². The number of hydrazone groups is 1. The number of carbonyl (C=O) groups is 2. The Kier molecular flexibility index (Phi) is 5.65. The Morgan fingerprint density at radius 2 is 1.84 bits per heavy atom. The molecule has 2 heterocycles. The SMILES string of the molecule is CN1N=C(C(=O)NCCN2CCN(c3ccccc3)CC2)CCC1=O. The second-order valence-corrected chi connectivity index (χ2v) is 6.38. The first-order valence-corrected chi connectivity index (χ1v) is 8.78. The molecule has 2 amide bonds. The van der Waals surface area contributed by atoms with E-state index in [1.807, 2.05) is 6.07 Å². The molecular weight excluding hydrogens is 318 g/mol. The van der Waals surface area contributed by atoms with Gasteiger partial charge in [-0.3, -0.25) is 14.5 Å². The lowest BCUT2D eigenvalue weighted by atomic mass is 10.1. The van der Waals surface area contributed by atoms with Crippen molar-refractivity contribution in [2.75, 3.05) is 51.2 Å². The van der Waals surface area contributed by atoms with Crippen LogP contribution in [0.3, 0.4) is 0 Å². The van der Waals surface area contributed by atoms with E-state index in [4.69, 9.17) is 0 Å². The van der Waals surface area contributed by atoms with Gasteiger partial charge in [0.2, 0.25) is 5.91 Å². The third kappa shape index (κ3) is 4.57. The van der Waals surface area contributed by atoms with Gasteiger partial charge < -0.3 is 10.2 Å². The van der Waals surface area contributed by atoms with Crippen LogP contribution < -0.4 is 10.2 Å². The Bertz CT molecular complexity index is 638. The molecule has 0 aliphatic carbocycles. The van der Waals surface area contributed by atoms with E-state index in [2.05, 4.69) is 44.5 Å². The fourth-order valence-corrected chi connectivity index (χ4v) is 3.13. The van der Waals surface area contributed by atoms with Crippen molar-refractivity contribution < 1.29 is 9.59 Å². The van der Waals surface area contributed by atoms with E-state index < -0.39 is 0 Å². The van der Waals surface area contributed by atoms with E-state index in [0.717, 1.165) is 32.7 Å². The van der Waals surface area contributed by atoms with Crippen molar-refractivity contribution >= 4 is 23.2 Å². The Morgan fingerprint density at radius 1 is 1.12 bits per heavy atom. The summed E-state index contributed by atoms with van der Waals surface area (Å²) in [6.45, 7) is 5.40. The van der Waals surface area contributed by atoms with Gasteiger partial charge in [0.25, 0.3) is 5.91 Å². The van der Waals surface area contributed by atoms with Gasteiger partial charge in [0, 0.05) is 64.8 Å². The summed E-state index contributed by atoms with van der Waals surface area (Å²) in [5.41, 5.74) is 1.71. The maximum atomic E-state index is 12.1. The maximum absolute atomic E-state index is 12.1. The molecule has 25 heavy (non-hydrogen) atoms. The summed E-state index contributed by atoms with van der Waals surface area (Å²) in [7, 11) is 1.58. The van der Waals surface area contributed by atoms with Gasteiger partial charge in [0.15, 0.2) is 0 Å². The number of nitrogens with one attached hydrogen (secondary N) is 1. The number of benzene rings is 1. The Morgan fingerprint density at radius 3 is 2.52 bits per heavy atom. The number of piperazine rings is 1. The van der Waals surface area contributed by atoms with Crippen LogP contribution in [0.1, 0.15) is 12.8 Å². The van der Waals surface area contributed by atoms with Crippen molar-refractivity contribution in [2.24, 2.45) is 5.10 Å². The van der Waals surface area contributed by atoms with Crippen molar-refractivity contribution in [3.05, 3.63) is 30.3 Å². The zero-order valence-electron chi connectivity index (χ0n) is 14.6. The van der Waals surface area contributed by atoms with Gasteiger partial charge in [0.05, 0.1) is 0 Å². The molecule has 1 fully saturated rings. The van der Waals surface area contributed by atoms with Crippen molar-refractivity contribution in [1.29, 1.82) is 0 Å². The zero-order chi connectivity index (χ0) is 17.6. The van der Waals surface area contributed by atoms with Crippen LogP contribution in [0, 0.1) is 0 Å².